The average molecular weight is 1010 g/mol. The molecule has 18 heteroatoms. The quantitative estimate of drug-likeness (QED) is 0.0748. The molecule has 0 amide bonds. The van der Waals surface area contributed by atoms with Crippen molar-refractivity contribution in [2.75, 3.05) is 19.8 Å². The maximum Gasteiger partial charge on any atom is 0.338 e. The van der Waals surface area contributed by atoms with Gasteiger partial charge >= 0.3 is 17.9 Å². The number of carbonyl (C=O) groups is 3. The minimum absolute atomic E-state index is 0.123. The molecule has 0 unspecified atom stereocenters. The molecule has 12 rings (SSSR count). The molecule has 0 fully saturated rings. The Balaban J connectivity index is 0.795. The van der Waals surface area contributed by atoms with Gasteiger partial charge in [-0.05, 0) is 130 Å². The van der Waals surface area contributed by atoms with Crippen LogP contribution in [0.25, 0.3) is 50.2 Å². The number of fused-ring (bicyclic) bond motifs is 12. The molecule has 0 radical (unpaired) electrons. The molecule has 6 aromatic carbocycles. The maximum absolute atomic E-state index is 14.0. The third-order valence-corrected chi connectivity index (χ3v) is 14.9. The zero-order chi connectivity index (χ0) is 53.0. The second-order valence-corrected chi connectivity index (χ2v) is 23.2. The first-order chi connectivity index (χ1) is 35.5. The molecule has 18 nitrogen and oxygen atoms in total. The van der Waals surface area contributed by atoms with Gasteiger partial charge in [-0.25, -0.2) is 14.4 Å². The molecule has 6 heterocycles. The molecule has 0 bridgehead atoms. The summed E-state index contributed by atoms with van der Waals surface area (Å²) in [6, 6.07) is 32.3. The zero-order valence-corrected chi connectivity index (χ0v) is 43.5. The highest BCUT2D eigenvalue weighted by Gasteiger charge is 2.37. The molecule has 0 saturated heterocycles. The Morgan fingerprint density at radius 1 is 0.387 bits per heavy atom. The number of carbonyl (C=O) groups excluding carboxylic acids is 3. The molecule has 0 spiro atoms. The van der Waals surface area contributed by atoms with Crippen molar-refractivity contribution in [1.29, 1.82) is 0 Å². The fourth-order valence-electron chi connectivity index (χ4n) is 9.81. The second-order valence-electron chi connectivity index (χ2n) is 23.2. The topological polar surface area (TPSA) is 181 Å². The van der Waals surface area contributed by atoms with Crippen LogP contribution in [0.2, 0.25) is 0 Å². The van der Waals surface area contributed by atoms with Gasteiger partial charge in [0.05, 0.1) is 22.1 Å². The van der Waals surface area contributed by atoms with Crippen LogP contribution < -0.4 is 0 Å². The van der Waals surface area contributed by atoms with Crippen molar-refractivity contribution in [3.8, 4) is 34.3 Å². The van der Waals surface area contributed by atoms with Crippen molar-refractivity contribution in [3.63, 3.8) is 0 Å². The van der Waals surface area contributed by atoms with Gasteiger partial charge in [-0.15, -0.1) is 42.2 Å². The van der Waals surface area contributed by atoms with Crippen LogP contribution in [0.5, 0.6) is 17.2 Å². The SMILES string of the molecule is CCC(COC(=O)c1ccc2c(c1)n1n(-c3cc(C(C)(C)C)ccc3O)n21)(COC(=O)c1ccc2c(c1)n1n(-c3cc(C(C)(C)C)ccc3O)n21)COC(=O)c1ccc2c(c1)n1n(-c3cc(C(C)(C)C)ccc3O)n21. The zero-order valence-electron chi connectivity index (χ0n) is 43.5. The molecule has 0 atom stereocenters. The molecule has 3 N–H and O–H groups in total. The number of nitrogens with zero attached hydrogens (tertiary/aromatic N) is 9. The molecule has 0 aliphatic carbocycles. The van der Waals surface area contributed by atoms with Crippen molar-refractivity contribution in [3.05, 3.63) is 143 Å². The van der Waals surface area contributed by atoms with E-state index in [2.05, 4.69) is 62.3 Å². The van der Waals surface area contributed by atoms with Gasteiger partial charge < -0.3 is 29.5 Å². The van der Waals surface area contributed by atoms with Crippen molar-refractivity contribution < 1.29 is 43.9 Å². The number of rotatable bonds is 13. The lowest BCUT2D eigenvalue weighted by Gasteiger charge is -2.31. The van der Waals surface area contributed by atoms with E-state index in [1.165, 1.54) is 0 Å². The van der Waals surface area contributed by atoms with E-state index in [-0.39, 0.29) is 76.4 Å². The molecule has 0 aliphatic heterocycles. The molecule has 0 saturated carbocycles. The number of phenols is 3. The van der Waals surface area contributed by atoms with Gasteiger partial charge in [-0.3, -0.25) is 0 Å². The standard InChI is InChI=1S/C57H59N9O9/c1-11-57(30-73-51(70)33-12-18-39-42(24-33)61-58(39)64(61)45-27-36(54(2,3)4)15-21-48(45)67,31-74-52(71)34-13-19-40-43(25-34)62-59(40)65(62)46-28-37(55(5,6)7)16-22-49(46)68)32-75-53(72)35-14-20-41-44(26-35)63-60(41)66(63)47-29-38(56(8,9)10)17-23-50(47)69/h12-29,67-69H,11,30-32H2,1-10H3. The molecule has 75 heavy (non-hydrogen) atoms. The predicted molar refractivity (Wildman–Crippen MR) is 281 cm³/mol. The summed E-state index contributed by atoms with van der Waals surface area (Å²) < 4.78 is 29.4. The predicted octanol–water partition coefficient (Wildman–Crippen LogP) is 10.2. The maximum atomic E-state index is 14.0. The van der Waals surface area contributed by atoms with Crippen molar-refractivity contribution in [2.24, 2.45) is 5.41 Å². The average Bonchev–Trinajstić information content (AvgIpc) is 4.36. The van der Waals surface area contributed by atoms with Crippen LogP contribution in [-0.4, -0.2) is 95.2 Å². The van der Waals surface area contributed by atoms with Crippen LogP contribution in [0.3, 0.4) is 0 Å². The van der Waals surface area contributed by atoms with Gasteiger partial charge in [-0.1, -0.05) is 87.4 Å². The van der Waals surface area contributed by atoms with E-state index in [4.69, 9.17) is 14.2 Å². The Kier molecular flexibility index (Phi) is 10.0. The van der Waals surface area contributed by atoms with Gasteiger partial charge in [0.2, 0.25) is 0 Å². The number of aromatic nitrogens is 9. The number of esters is 3. The highest BCUT2D eigenvalue weighted by molar-refractivity contribution is 5.96. The van der Waals surface area contributed by atoms with Gasteiger partial charge in [0.15, 0.2) is 0 Å². The third kappa shape index (κ3) is 7.55. The highest BCUT2D eigenvalue weighted by atomic mass is 16.6. The van der Waals surface area contributed by atoms with Crippen LogP contribution in [0, 0.1) is 5.41 Å². The van der Waals surface area contributed by atoms with E-state index in [9.17, 15) is 29.7 Å². The first-order valence-corrected chi connectivity index (χ1v) is 25.1. The van der Waals surface area contributed by atoms with Crippen molar-refractivity contribution in [2.45, 2.75) is 91.9 Å². The first-order valence-electron chi connectivity index (χ1n) is 25.1. The Morgan fingerprint density at radius 2 is 0.653 bits per heavy atom. The van der Waals surface area contributed by atoms with Crippen LogP contribution in [-0.2, 0) is 30.5 Å². The molecule has 0 aliphatic rings. The summed E-state index contributed by atoms with van der Waals surface area (Å²) in [5.41, 5.74) is 9.04. The fraction of sp³-hybridized carbons (Fsp3) is 0.316. The monoisotopic (exact) mass is 1010 g/mol. The highest BCUT2D eigenvalue weighted by Crippen LogP contribution is 2.38. The lowest BCUT2D eigenvalue weighted by Crippen LogP contribution is -2.39. The number of phenolic OH excluding ortho intramolecular Hbond substituents is 3. The summed E-state index contributed by atoms with van der Waals surface area (Å²) in [5.74, 6) is -1.51. The van der Waals surface area contributed by atoms with Gasteiger partial charge in [0, 0.05) is 0 Å². The number of hydrogen-bond acceptors (Lipinski definition) is 9. The Bertz CT molecular complexity index is 3760. The van der Waals surface area contributed by atoms with Gasteiger partial charge in [0.25, 0.3) is 0 Å². The lowest BCUT2D eigenvalue weighted by atomic mass is 9.87. The van der Waals surface area contributed by atoms with E-state index in [1.54, 1.807) is 54.6 Å². The Labute approximate surface area is 429 Å². The third-order valence-electron chi connectivity index (χ3n) is 14.9. The van der Waals surface area contributed by atoms with Crippen LogP contribution in [0.1, 0.15) is 123 Å². The van der Waals surface area contributed by atoms with E-state index in [1.807, 2.05) is 104 Å². The normalized spacial score (nSPS) is 13.2. The summed E-state index contributed by atoms with van der Waals surface area (Å²) in [5, 5.41) is 32.5. The summed E-state index contributed by atoms with van der Waals surface area (Å²) in [6.07, 6.45) is 0.290. The van der Waals surface area contributed by atoms with E-state index in [0.29, 0.717) is 17.1 Å². The molecule has 6 aromatic heterocycles. The lowest BCUT2D eigenvalue weighted by molar-refractivity contribution is -0.0381. The smallest absolute Gasteiger partial charge is 0.338 e. The minimum atomic E-state index is -1.17. The molecular weight excluding hydrogens is 955 g/mol. The summed E-state index contributed by atoms with van der Waals surface area (Å²) in [6.45, 7) is 20.1. The van der Waals surface area contributed by atoms with E-state index >= 15 is 0 Å². The summed E-state index contributed by atoms with van der Waals surface area (Å²) >= 11 is 0. The molecule has 12 aromatic rings. The fourth-order valence-corrected chi connectivity index (χ4v) is 9.81. The number of benzene rings is 6. The summed E-state index contributed by atoms with van der Waals surface area (Å²) in [4.78, 5) is 47.4. The van der Waals surface area contributed by atoms with Crippen LogP contribution in [0.15, 0.2) is 109 Å². The van der Waals surface area contributed by atoms with Crippen LogP contribution in [0.4, 0.5) is 0 Å². The minimum Gasteiger partial charge on any atom is -0.506 e. The van der Waals surface area contributed by atoms with Crippen molar-refractivity contribution in [1.82, 2.24) is 42.2 Å². The Morgan fingerprint density at radius 3 is 0.907 bits per heavy atom. The van der Waals surface area contributed by atoms with Gasteiger partial charge in [0.1, 0.15) is 87.2 Å². The number of ether oxygens (including phenoxy) is 3. The number of hydrogen-bond donors (Lipinski definition) is 3. The number of aromatic hydroxyl groups is 3. The van der Waals surface area contributed by atoms with E-state index < -0.39 is 23.3 Å². The van der Waals surface area contributed by atoms with E-state index in [0.717, 1.165) is 49.8 Å². The van der Waals surface area contributed by atoms with Crippen molar-refractivity contribution >= 4 is 51.0 Å². The second kappa shape index (κ2) is 15.9. The van der Waals surface area contributed by atoms with Gasteiger partial charge in [-0.2, -0.15) is 0 Å². The summed E-state index contributed by atoms with van der Waals surface area (Å²) in [7, 11) is 0. The molecular formula is C57H59N9O9. The first kappa shape index (κ1) is 47.3. The molecule has 386 valence electrons. The largest absolute Gasteiger partial charge is 0.506 e. The van der Waals surface area contributed by atoms with Crippen LogP contribution >= 0.6 is 0 Å². The Hall–Kier alpha value is -8.67.